The predicted octanol–water partition coefficient (Wildman–Crippen LogP) is 2.88. The molecule has 2 aromatic carbocycles. The molecule has 0 amide bonds. The van der Waals surface area contributed by atoms with Gasteiger partial charge in [0.05, 0.1) is 19.1 Å². The highest BCUT2D eigenvalue weighted by Gasteiger charge is 2.23. The Morgan fingerprint density at radius 2 is 1.56 bits per heavy atom. The lowest BCUT2D eigenvalue weighted by Crippen LogP contribution is -2.40. The Bertz CT molecular complexity index is 948. The zero-order chi connectivity index (χ0) is 23.1. The van der Waals surface area contributed by atoms with Crippen LogP contribution in [0.3, 0.4) is 0 Å². The Kier molecular flexibility index (Phi) is 8.22. The van der Waals surface area contributed by atoms with Gasteiger partial charge in [0, 0.05) is 33.7 Å². The molecule has 8 nitrogen and oxygen atoms in total. The van der Waals surface area contributed by atoms with Gasteiger partial charge in [0.25, 0.3) is 0 Å². The van der Waals surface area contributed by atoms with Gasteiger partial charge in [-0.05, 0) is 49.2 Å². The lowest BCUT2D eigenvalue weighted by atomic mass is 10.1. The molecule has 0 radical (unpaired) electrons. The van der Waals surface area contributed by atoms with E-state index < -0.39 is 10.0 Å². The molecule has 1 aliphatic heterocycles. The lowest BCUT2D eigenvalue weighted by Gasteiger charge is -2.32. The first kappa shape index (κ1) is 24.2. The van der Waals surface area contributed by atoms with E-state index in [0.717, 1.165) is 32.5 Å². The standard InChI is InChI=1S/C23H32N2O6S/c1-24(2)32(26,27)20-10-8-18(9-11-20)30-17-16-25-14-12-19(13-15-25)31-23-21(28-3)6-5-7-22(23)29-4/h5-11,19H,12-17H2,1-4H3. The molecule has 176 valence electrons. The summed E-state index contributed by atoms with van der Waals surface area (Å²) in [6.07, 6.45) is 1.90. The van der Waals surface area contributed by atoms with Crippen molar-refractivity contribution >= 4 is 10.0 Å². The zero-order valence-electron chi connectivity index (χ0n) is 19.1. The first-order valence-corrected chi connectivity index (χ1v) is 12.0. The van der Waals surface area contributed by atoms with Gasteiger partial charge in [0.1, 0.15) is 18.5 Å². The van der Waals surface area contributed by atoms with Crippen LogP contribution in [0.5, 0.6) is 23.0 Å². The van der Waals surface area contributed by atoms with Gasteiger partial charge in [-0.2, -0.15) is 0 Å². The van der Waals surface area contributed by atoms with Gasteiger partial charge in [-0.25, -0.2) is 12.7 Å². The van der Waals surface area contributed by atoms with Crippen molar-refractivity contribution in [2.75, 3.05) is 54.6 Å². The minimum Gasteiger partial charge on any atom is -0.493 e. The van der Waals surface area contributed by atoms with Crippen molar-refractivity contribution in [3.8, 4) is 23.0 Å². The molecule has 0 unspecified atom stereocenters. The van der Waals surface area contributed by atoms with Gasteiger partial charge in [-0.3, -0.25) is 4.90 Å². The second-order valence-corrected chi connectivity index (χ2v) is 9.91. The van der Waals surface area contributed by atoms with Crippen molar-refractivity contribution in [1.29, 1.82) is 0 Å². The number of hydrogen-bond acceptors (Lipinski definition) is 7. The van der Waals surface area contributed by atoms with Crippen LogP contribution in [-0.4, -0.2) is 78.3 Å². The van der Waals surface area contributed by atoms with Crippen LogP contribution in [0.4, 0.5) is 0 Å². The summed E-state index contributed by atoms with van der Waals surface area (Å²) in [6.45, 7) is 3.14. The van der Waals surface area contributed by atoms with Crippen LogP contribution in [0.2, 0.25) is 0 Å². The minimum absolute atomic E-state index is 0.101. The zero-order valence-corrected chi connectivity index (χ0v) is 19.9. The minimum atomic E-state index is -3.43. The Balaban J connectivity index is 1.44. The fraction of sp³-hybridized carbons (Fsp3) is 0.478. The fourth-order valence-electron chi connectivity index (χ4n) is 3.56. The first-order valence-electron chi connectivity index (χ1n) is 10.6. The summed E-state index contributed by atoms with van der Waals surface area (Å²) >= 11 is 0. The monoisotopic (exact) mass is 464 g/mol. The Hall–Kier alpha value is -2.49. The molecule has 1 fully saturated rings. The van der Waals surface area contributed by atoms with Crippen LogP contribution >= 0.6 is 0 Å². The van der Waals surface area contributed by atoms with Crippen LogP contribution in [0, 0.1) is 0 Å². The third-order valence-corrected chi connectivity index (χ3v) is 7.31. The largest absolute Gasteiger partial charge is 0.493 e. The van der Waals surface area contributed by atoms with E-state index >= 15 is 0 Å². The number of methoxy groups -OCH3 is 2. The smallest absolute Gasteiger partial charge is 0.242 e. The number of ether oxygens (including phenoxy) is 4. The molecular formula is C23H32N2O6S. The average Bonchev–Trinajstić information content (AvgIpc) is 2.80. The van der Waals surface area contributed by atoms with Crippen molar-refractivity contribution in [2.45, 2.75) is 23.8 Å². The molecule has 3 rings (SSSR count). The molecule has 32 heavy (non-hydrogen) atoms. The fourth-order valence-corrected chi connectivity index (χ4v) is 4.46. The molecule has 1 saturated heterocycles. The van der Waals surface area contributed by atoms with Crippen molar-refractivity contribution in [3.05, 3.63) is 42.5 Å². The van der Waals surface area contributed by atoms with Gasteiger partial charge >= 0.3 is 0 Å². The maximum Gasteiger partial charge on any atom is 0.242 e. The lowest BCUT2D eigenvalue weighted by molar-refractivity contribution is 0.0871. The number of rotatable bonds is 10. The SMILES string of the molecule is COc1cccc(OC)c1OC1CCN(CCOc2ccc(S(=O)(=O)N(C)C)cc2)CC1. The molecule has 0 saturated carbocycles. The van der Waals surface area contributed by atoms with Crippen LogP contribution < -0.4 is 18.9 Å². The van der Waals surface area contributed by atoms with Crippen LogP contribution in [0.25, 0.3) is 0 Å². The summed E-state index contributed by atoms with van der Waals surface area (Å²) in [7, 11) is 2.85. The molecule has 2 aromatic rings. The number of para-hydroxylation sites is 1. The third kappa shape index (κ3) is 5.85. The molecular weight excluding hydrogens is 432 g/mol. The molecule has 9 heteroatoms. The normalized spacial score (nSPS) is 15.5. The third-order valence-electron chi connectivity index (χ3n) is 5.48. The molecule has 1 aliphatic rings. The van der Waals surface area contributed by atoms with Crippen molar-refractivity contribution < 1.29 is 27.4 Å². The van der Waals surface area contributed by atoms with Gasteiger partial charge in [-0.15, -0.1) is 0 Å². The summed E-state index contributed by atoms with van der Waals surface area (Å²) in [5.74, 6) is 2.65. The van der Waals surface area contributed by atoms with E-state index in [9.17, 15) is 8.42 Å². The van der Waals surface area contributed by atoms with E-state index in [1.54, 1.807) is 38.5 Å². The summed E-state index contributed by atoms with van der Waals surface area (Å²) < 4.78 is 48.3. The van der Waals surface area contributed by atoms with Crippen molar-refractivity contribution in [1.82, 2.24) is 9.21 Å². The van der Waals surface area contributed by atoms with Crippen LogP contribution in [-0.2, 0) is 10.0 Å². The number of sulfonamides is 1. The number of piperidine rings is 1. The van der Waals surface area contributed by atoms with E-state index in [1.165, 1.54) is 18.4 Å². The number of likely N-dealkylation sites (tertiary alicyclic amines) is 1. The summed E-state index contributed by atoms with van der Waals surface area (Å²) in [6, 6.07) is 12.1. The molecule has 0 spiro atoms. The van der Waals surface area contributed by atoms with Gasteiger partial charge in [0.2, 0.25) is 15.8 Å². The second kappa shape index (κ2) is 10.9. The Labute approximate surface area is 190 Å². The van der Waals surface area contributed by atoms with Crippen LogP contribution in [0.15, 0.2) is 47.4 Å². The quantitative estimate of drug-likeness (QED) is 0.535. The first-order chi connectivity index (χ1) is 15.3. The number of nitrogens with zero attached hydrogens (tertiary/aromatic N) is 2. The molecule has 0 aromatic heterocycles. The maximum absolute atomic E-state index is 12.1. The topological polar surface area (TPSA) is 77.5 Å². The van der Waals surface area contributed by atoms with Gasteiger partial charge < -0.3 is 18.9 Å². The van der Waals surface area contributed by atoms with Crippen LogP contribution in [0.1, 0.15) is 12.8 Å². The highest BCUT2D eigenvalue weighted by atomic mass is 32.2. The Morgan fingerprint density at radius 1 is 0.969 bits per heavy atom. The maximum atomic E-state index is 12.1. The van der Waals surface area contributed by atoms with Crippen molar-refractivity contribution in [3.63, 3.8) is 0 Å². The van der Waals surface area contributed by atoms with Crippen molar-refractivity contribution in [2.24, 2.45) is 0 Å². The molecule has 0 N–H and O–H groups in total. The second-order valence-electron chi connectivity index (χ2n) is 7.76. The molecule has 0 bridgehead atoms. The summed E-state index contributed by atoms with van der Waals surface area (Å²) in [4.78, 5) is 2.59. The van der Waals surface area contributed by atoms with E-state index in [0.29, 0.717) is 29.6 Å². The van der Waals surface area contributed by atoms with E-state index in [2.05, 4.69) is 4.90 Å². The number of benzene rings is 2. The van der Waals surface area contributed by atoms with E-state index in [1.807, 2.05) is 18.2 Å². The van der Waals surface area contributed by atoms with Gasteiger partial charge in [0.15, 0.2) is 11.5 Å². The van der Waals surface area contributed by atoms with E-state index in [-0.39, 0.29) is 11.0 Å². The highest BCUT2D eigenvalue weighted by molar-refractivity contribution is 7.89. The number of hydrogen-bond donors (Lipinski definition) is 0. The average molecular weight is 465 g/mol. The van der Waals surface area contributed by atoms with Gasteiger partial charge in [-0.1, -0.05) is 6.07 Å². The molecule has 0 aliphatic carbocycles. The van der Waals surface area contributed by atoms with E-state index in [4.69, 9.17) is 18.9 Å². The Morgan fingerprint density at radius 3 is 2.09 bits per heavy atom. The summed E-state index contributed by atoms with van der Waals surface area (Å²) in [5.41, 5.74) is 0. The molecule has 1 heterocycles. The predicted molar refractivity (Wildman–Crippen MR) is 122 cm³/mol. The summed E-state index contributed by atoms with van der Waals surface area (Å²) in [5, 5.41) is 0. The highest BCUT2D eigenvalue weighted by Crippen LogP contribution is 2.38. The molecule has 0 atom stereocenters.